The fourth-order valence-electron chi connectivity index (χ4n) is 1.28. The van der Waals surface area contributed by atoms with Crippen LogP contribution in [-0.2, 0) is 4.74 Å². The smallest absolute Gasteiger partial charge is 0.0729 e. The number of aryl methyl sites for hydroxylation is 1. The van der Waals surface area contributed by atoms with Crippen molar-refractivity contribution in [3.63, 3.8) is 0 Å². The van der Waals surface area contributed by atoms with E-state index in [-0.39, 0.29) is 0 Å². The summed E-state index contributed by atoms with van der Waals surface area (Å²) < 4.78 is 5.07. The average molecular weight is 198 g/mol. The summed E-state index contributed by atoms with van der Waals surface area (Å²) in [5.74, 6) is 0. The third-order valence-electron chi connectivity index (χ3n) is 2.12. The number of anilines is 1. The molecule has 0 amide bonds. The first-order valence-electron chi connectivity index (χ1n) is 4.36. The second kappa shape index (κ2) is 3.56. The summed E-state index contributed by atoms with van der Waals surface area (Å²) in [7, 11) is 0. The van der Waals surface area contributed by atoms with Crippen molar-refractivity contribution in [2.45, 2.75) is 13.0 Å². The van der Waals surface area contributed by atoms with E-state index in [0.29, 0.717) is 6.04 Å². The molecule has 0 unspecified atom stereocenters. The highest BCUT2D eigenvalue weighted by Crippen LogP contribution is 2.24. The number of ether oxygens (including phenoxy) is 1. The minimum Gasteiger partial charge on any atom is -0.377 e. The summed E-state index contributed by atoms with van der Waals surface area (Å²) in [4.78, 5) is 0. The molecule has 1 saturated heterocycles. The standard InChI is InChI=1S/C10H12ClNO/c1-7-2-3-10(9(11)4-7)12-8-5-13-6-8/h2-4,8,12H,5-6H2,1H3. The highest BCUT2D eigenvalue weighted by Gasteiger charge is 2.18. The van der Waals surface area contributed by atoms with E-state index in [2.05, 4.69) is 5.32 Å². The maximum atomic E-state index is 6.05. The van der Waals surface area contributed by atoms with Crippen molar-refractivity contribution < 1.29 is 4.74 Å². The first kappa shape index (κ1) is 8.85. The van der Waals surface area contributed by atoms with Crippen LogP contribution in [0.25, 0.3) is 0 Å². The Morgan fingerprint density at radius 3 is 2.77 bits per heavy atom. The van der Waals surface area contributed by atoms with Crippen LogP contribution in [0.4, 0.5) is 5.69 Å². The van der Waals surface area contributed by atoms with Gasteiger partial charge in [-0.25, -0.2) is 0 Å². The van der Waals surface area contributed by atoms with Gasteiger partial charge in [-0.1, -0.05) is 17.7 Å². The van der Waals surface area contributed by atoms with Crippen molar-refractivity contribution in [2.75, 3.05) is 18.5 Å². The third kappa shape index (κ3) is 1.95. The molecule has 13 heavy (non-hydrogen) atoms. The number of halogens is 1. The Morgan fingerprint density at radius 1 is 1.46 bits per heavy atom. The van der Waals surface area contributed by atoms with Crippen molar-refractivity contribution in [3.8, 4) is 0 Å². The summed E-state index contributed by atoms with van der Waals surface area (Å²) in [6.45, 7) is 3.59. The van der Waals surface area contributed by atoms with Gasteiger partial charge < -0.3 is 10.1 Å². The van der Waals surface area contributed by atoms with E-state index in [4.69, 9.17) is 16.3 Å². The molecule has 0 aromatic heterocycles. The third-order valence-corrected chi connectivity index (χ3v) is 2.43. The average Bonchev–Trinajstić information content (AvgIpc) is 1.99. The van der Waals surface area contributed by atoms with Gasteiger partial charge in [-0.2, -0.15) is 0 Å². The van der Waals surface area contributed by atoms with Gasteiger partial charge in [0.15, 0.2) is 0 Å². The summed E-state index contributed by atoms with van der Waals surface area (Å²) in [5.41, 5.74) is 2.18. The molecule has 1 aliphatic rings. The molecule has 0 atom stereocenters. The number of nitrogens with one attached hydrogen (secondary N) is 1. The van der Waals surface area contributed by atoms with E-state index in [1.807, 2.05) is 25.1 Å². The van der Waals surface area contributed by atoms with Gasteiger partial charge in [0.2, 0.25) is 0 Å². The molecule has 1 heterocycles. The van der Waals surface area contributed by atoms with Gasteiger partial charge in [-0.15, -0.1) is 0 Å². The van der Waals surface area contributed by atoms with Crippen LogP contribution in [0.15, 0.2) is 18.2 Å². The van der Waals surface area contributed by atoms with Crippen molar-refractivity contribution in [3.05, 3.63) is 28.8 Å². The van der Waals surface area contributed by atoms with Gasteiger partial charge in [-0.3, -0.25) is 0 Å². The van der Waals surface area contributed by atoms with Gasteiger partial charge in [-0.05, 0) is 24.6 Å². The van der Waals surface area contributed by atoms with Crippen LogP contribution >= 0.6 is 11.6 Å². The first-order chi connectivity index (χ1) is 6.25. The Morgan fingerprint density at radius 2 is 2.23 bits per heavy atom. The molecule has 1 aliphatic heterocycles. The van der Waals surface area contributed by atoms with Crippen LogP contribution in [0.1, 0.15) is 5.56 Å². The fraction of sp³-hybridized carbons (Fsp3) is 0.400. The molecular formula is C10H12ClNO. The second-order valence-electron chi connectivity index (χ2n) is 3.36. The first-order valence-corrected chi connectivity index (χ1v) is 4.74. The molecule has 0 radical (unpaired) electrons. The zero-order valence-electron chi connectivity index (χ0n) is 7.51. The van der Waals surface area contributed by atoms with Crippen LogP contribution in [0, 0.1) is 6.92 Å². The number of benzene rings is 1. The highest BCUT2D eigenvalue weighted by atomic mass is 35.5. The zero-order valence-corrected chi connectivity index (χ0v) is 8.27. The second-order valence-corrected chi connectivity index (χ2v) is 3.77. The normalized spacial score (nSPS) is 16.8. The number of rotatable bonds is 2. The lowest BCUT2D eigenvalue weighted by molar-refractivity contribution is 0.0211. The van der Waals surface area contributed by atoms with E-state index in [1.54, 1.807) is 0 Å². The molecule has 0 saturated carbocycles. The van der Waals surface area contributed by atoms with Crippen LogP contribution in [-0.4, -0.2) is 19.3 Å². The molecule has 1 N–H and O–H groups in total. The molecule has 2 rings (SSSR count). The lowest BCUT2D eigenvalue weighted by Crippen LogP contribution is -2.40. The summed E-state index contributed by atoms with van der Waals surface area (Å²) in [5, 5.41) is 4.10. The van der Waals surface area contributed by atoms with Gasteiger partial charge in [0.1, 0.15) is 0 Å². The molecule has 1 aromatic carbocycles. The van der Waals surface area contributed by atoms with Crippen molar-refractivity contribution in [1.82, 2.24) is 0 Å². The highest BCUT2D eigenvalue weighted by molar-refractivity contribution is 6.33. The minimum atomic E-state index is 0.431. The quantitative estimate of drug-likeness (QED) is 0.787. The van der Waals surface area contributed by atoms with Gasteiger partial charge in [0.25, 0.3) is 0 Å². The molecule has 0 aliphatic carbocycles. The largest absolute Gasteiger partial charge is 0.377 e. The topological polar surface area (TPSA) is 21.3 Å². The Labute approximate surface area is 82.9 Å². The maximum absolute atomic E-state index is 6.05. The Kier molecular flexibility index (Phi) is 2.42. The summed E-state index contributed by atoms with van der Waals surface area (Å²) in [6.07, 6.45) is 0. The summed E-state index contributed by atoms with van der Waals surface area (Å²) >= 11 is 6.05. The van der Waals surface area contributed by atoms with Crippen LogP contribution in [0.2, 0.25) is 5.02 Å². The van der Waals surface area contributed by atoms with E-state index in [0.717, 1.165) is 23.9 Å². The zero-order chi connectivity index (χ0) is 9.26. The van der Waals surface area contributed by atoms with Crippen LogP contribution in [0.3, 0.4) is 0 Å². The molecule has 0 spiro atoms. The maximum Gasteiger partial charge on any atom is 0.0729 e. The van der Waals surface area contributed by atoms with Crippen LogP contribution < -0.4 is 5.32 Å². The summed E-state index contributed by atoms with van der Waals surface area (Å²) in [6, 6.07) is 6.45. The molecular weight excluding hydrogens is 186 g/mol. The van der Waals surface area contributed by atoms with E-state index < -0.39 is 0 Å². The lowest BCUT2D eigenvalue weighted by Gasteiger charge is -2.28. The molecule has 0 bridgehead atoms. The molecule has 3 heteroatoms. The van der Waals surface area contributed by atoms with Crippen molar-refractivity contribution >= 4 is 17.3 Å². The molecule has 70 valence electrons. The SMILES string of the molecule is Cc1ccc(NC2COC2)c(Cl)c1. The predicted molar refractivity (Wildman–Crippen MR) is 54.4 cm³/mol. The van der Waals surface area contributed by atoms with Crippen molar-refractivity contribution in [2.24, 2.45) is 0 Å². The van der Waals surface area contributed by atoms with Crippen LogP contribution in [0.5, 0.6) is 0 Å². The van der Waals surface area contributed by atoms with Gasteiger partial charge in [0, 0.05) is 0 Å². The molecule has 1 aromatic rings. The predicted octanol–water partition coefficient (Wildman–Crippen LogP) is 2.46. The van der Waals surface area contributed by atoms with E-state index in [1.165, 1.54) is 5.56 Å². The van der Waals surface area contributed by atoms with Crippen molar-refractivity contribution in [1.29, 1.82) is 0 Å². The Bertz CT molecular complexity index is 310. The fourth-order valence-corrected chi connectivity index (χ4v) is 1.57. The van der Waals surface area contributed by atoms with Gasteiger partial charge in [0.05, 0.1) is 30.0 Å². The number of hydrogen-bond acceptors (Lipinski definition) is 2. The van der Waals surface area contributed by atoms with E-state index >= 15 is 0 Å². The molecule has 2 nitrogen and oxygen atoms in total. The van der Waals surface area contributed by atoms with Gasteiger partial charge >= 0.3 is 0 Å². The van der Waals surface area contributed by atoms with E-state index in [9.17, 15) is 0 Å². The monoisotopic (exact) mass is 197 g/mol. The minimum absolute atomic E-state index is 0.431. The Balaban J connectivity index is 2.10. The lowest BCUT2D eigenvalue weighted by atomic mass is 10.2. The molecule has 1 fully saturated rings. The Hall–Kier alpha value is -0.730. The number of hydrogen-bond donors (Lipinski definition) is 1.